The first kappa shape index (κ1) is 26.8. The predicted octanol–water partition coefficient (Wildman–Crippen LogP) is 3.91. The lowest BCUT2D eigenvalue weighted by Crippen LogP contribution is -2.58. The number of hydrogen-bond acceptors (Lipinski definition) is 5. The van der Waals surface area contributed by atoms with E-state index in [1.165, 1.54) is 24.0 Å². The van der Waals surface area contributed by atoms with Gasteiger partial charge in [0.25, 0.3) is 5.91 Å². The summed E-state index contributed by atoms with van der Waals surface area (Å²) in [5, 5.41) is 3.25. The van der Waals surface area contributed by atoms with E-state index in [0.29, 0.717) is 43.0 Å². The molecule has 1 unspecified atom stereocenters. The van der Waals surface area contributed by atoms with Crippen LogP contribution in [0.4, 0.5) is 0 Å². The molecule has 0 spiro atoms. The first-order valence-corrected chi connectivity index (χ1v) is 14.5. The van der Waals surface area contributed by atoms with E-state index in [4.69, 9.17) is 5.73 Å². The van der Waals surface area contributed by atoms with Crippen LogP contribution in [-0.2, 0) is 11.3 Å². The van der Waals surface area contributed by atoms with E-state index in [0.717, 1.165) is 45.2 Å². The second-order valence-corrected chi connectivity index (χ2v) is 11.7. The average Bonchev–Trinajstić information content (AvgIpc) is 3.81. The number of carbonyl (C=O) groups is 2. The minimum atomic E-state index is -0.471. The van der Waals surface area contributed by atoms with Crippen LogP contribution in [0.25, 0.3) is 0 Å². The van der Waals surface area contributed by atoms with E-state index in [1.54, 1.807) is 29.4 Å². The number of benzene rings is 1. The molecule has 7 nitrogen and oxygen atoms in total. The van der Waals surface area contributed by atoms with Gasteiger partial charge in [0.05, 0.1) is 5.56 Å². The SMILES string of the molecule is Cc1ccc(CN(C2CC2)C2CCN(C(=O)c3cccnc3)[C@@H](C(=O)NCC3CCC(CN)CC3)C2)cc1. The zero-order chi connectivity index (χ0) is 26.5. The maximum atomic E-state index is 13.7. The molecule has 7 heteroatoms. The van der Waals surface area contributed by atoms with Crippen LogP contribution < -0.4 is 11.1 Å². The van der Waals surface area contributed by atoms with E-state index >= 15 is 0 Å². The molecule has 1 saturated heterocycles. The molecule has 2 amide bonds. The number of hydrogen-bond donors (Lipinski definition) is 2. The highest BCUT2D eigenvalue weighted by Crippen LogP contribution is 2.35. The van der Waals surface area contributed by atoms with Crippen molar-refractivity contribution in [1.82, 2.24) is 20.1 Å². The zero-order valence-corrected chi connectivity index (χ0v) is 22.7. The molecule has 3 fully saturated rings. The number of nitrogens with zero attached hydrogens (tertiary/aromatic N) is 3. The van der Waals surface area contributed by atoms with Gasteiger partial charge in [-0.15, -0.1) is 0 Å². The summed E-state index contributed by atoms with van der Waals surface area (Å²) >= 11 is 0. The number of nitrogens with two attached hydrogens (primary N) is 1. The molecular weight excluding hydrogens is 474 g/mol. The summed E-state index contributed by atoms with van der Waals surface area (Å²) in [4.78, 5) is 35.8. The number of pyridine rings is 1. The number of aromatic nitrogens is 1. The van der Waals surface area contributed by atoms with Crippen molar-refractivity contribution in [2.75, 3.05) is 19.6 Å². The van der Waals surface area contributed by atoms with E-state index in [2.05, 4.69) is 46.4 Å². The summed E-state index contributed by atoms with van der Waals surface area (Å²) in [5.74, 6) is 0.999. The number of amides is 2. The van der Waals surface area contributed by atoms with Crippen molar-refractivity contribution in [3.63, 3.8) is 0 Å². The Balaban J connectivity index is 1.29. The third kappa shape index (κ3) is 6.62. The molecule has 2 aliphatic carbocycles. The van der Waals surface area contributed by atoms with E-state index in [-0.39, 0.29) is 17.9 Å². The molecule has 3 aliphatic rings. The van der Waals surface area contributed by atoms with Crippen LogP contribution in [0, 0.1) is 18.8 Å². The molecule has 1 aliphatic heterocycles. The van der Waals surface area contributed by atoms with Crippen molar-refractivity contribution in [2.24, 2.45) is 17.6 Å². The summed E-state index contributed by atoms with van der Waals surface area (Å²) in [6.07, 6.45) is 11.7. The minimum absolute atomic E-state index is 0.0148. The van der Waals surface area contributed by atoms with Crippen LogP contribution in [0.3, 0.4) is 0 Å². The first-order chi connectivity index (χ1) is 18.5. The highest BCUT2D eigenvalue weighted by Gasteiger charge is 2.42. The number of nitrogens with one attached hydrogen (secondary N) is 1. The number of rotatable bonds is 9. The summed E-state index contributed by atoms with van der Waals surface area (Å²) in [5.41, 5.74) is 8.98. The molecule has 0 radical (unpaired) electrons. The summed E-state index contributed by atoms with van der Waals surface area (Å²) in [6.45, 7) is 5.03. The molecule has 2 atom stereocenters. The first-order valence-electron chi connectivity index (χ1n) is 14.5. The molecule has 1 aromatic heterocycles. The van der Waals surface area contributed by atoms with E-state index < -0.39 is 6.04 Å². The second kappa shape index (κ2) is 12.4. The second-order valence-electron chi connectivity index (χ2n) is 11.7. The van der Waals surface area contributed by atoms with Gasteiger partial charge in [-0.3, -0.25) is 19.5 Å². The van der Waals surface area contributed by atoms with Crippen LogP contribution in [0.2, 0.25) is 0 Å². The van der Waals surface area contributed by atoms with Crippen molar-refractivity contribution < 1.29 is 9.59 Å². The van der Waals surface area contributed by atoms with Crippen LogP contribution in [0.1, 0.15) is 72.9 Å². The lowest BCUT2D eigenvalue weighted by molar-refractivity contribution is -0.128. The standard InChI is InChI=1S/C31H43N5O2/c1-22-4-6-25(7-5-22)21-36(27-12-13-27)28-14-16-35(31(38)26-3-2-15-33-20-26)29(17-28)30(37)34-19-24-10-8-23(18-32)9-11-24/h2-7,15,20,23-24,27-29H,8-14,16-19,21,32H2,1H3,(H,34,37)/t23?,24?,28?,29-/m1/s1. The van der Waals surface area contributed by atoms with Gasteiger partial charge in [0, 0.05) is 44.1 Å². The molecule has 2 heterocycles. The van der Waals surface area contributed by atoms with Gasteiger partial charge in [-0.2, -0.15) is 0 Å². The molecule has 2 aromatic rings. The molecule has 204 valence electrons. The molecule has 2 saturated carbocycles. The number of aryl methyl sites for hydroxylation is 1. The quantitative estimate of drug-likeness (QED) is 0.526. The van der Waals surface area contributed by atoms with Gasteiger partial charge in [0.2, 0.25) is 5.91 Å². The molecular formula is C31H43N5O2. The fourth-order valence-corrected chi connectivity index (χ4v) is 6.30. The monoisotopic (exact) mass is 517 g/mol. The fourth-order valence-electron chi connectivity index (χ4n) is 6.30. The van der Waals surface area contributed by atoms with Crippen LogP contribution in [-0.4, -0.2) is 64.4 Å². The molecule has 5 rings (SSSR count). The van der Waals surface area contributed by atoms with Gasteiger partial charge in [-0.05, 0) is 94.4 Å². The minimum Gasteiger partial charge on any atom is -0.354 e. The van der Waals surface area contributed by atoms with Crippen LogP contribution >= 0.6 is 0 Å². The van der Waals surface area contributed by atoms with Crippen LogP contribution in [0.5, 0.6) is 0 Å². The highest BCUT2D eigenvalue weighted by atomic mass is 16.2. The Hall–Kier alpha value is -2.77. The molecule has 3 N–H and O–H groups in total. The van der Waals surface area contributed by atoms with Gasteiger partial charge in [0.15, 0.2) is 0 Å². The molecule has 0 bridgehead atoms. The lowest BCUT2D eigenvalue weighted by Gasteiger charge is -2.43. The number of likely N-dealkylation sites (tertiary alicyclic amines) is 1. The fraction of sp³-hybridized carbons (Fsp3) is 0.581. The van der Waals surface area contributed by atoms with Gasteiger partial charge in [-0.1, -0.05) is 29.8 Å². The van der Waals surface area contributed by atoms with Gasteiger partial charge in [0.1, 0.15) is 6.04 Å². The largest absolute Gasteiger partial charge is 0.354 e. The summed E-state index contributed by atoms with van der Waals surface area (Å²) in [6, 6.07) is 12.7. The Morgan fingerprint density at radius 1 is 1.00 bits per heavy atom. The Morgan fingerprint density at radius 3 is 2.39 bits per heavy atom. The summed E-state index contributed by atoms with van der Waals surface area (Å²) in [7, 11) is 0. The van der Waals surface area contributed by atoms with Crippen molar-refractivity contribution >= 4 is 11.8 Å². The normalized spacial score (nSPS) is 25.8. The lowest BCUT2D eigenvalue weighted by atomic mass is 9.82. The molecule has 38 heavy (non-hydrogen) atoms. The predicted molar refractivity (Wildman–Crippen MR) is 149 cm³/mol. The third-order valence-electron chi connectivity index (χ3n) is 8.88. The Kier molecular flexibility index (Phi) is 8.75. The van der Waals surface area contributed by atoms with E-state index in [9.17, 15) is 9.59 Å². The topological polar surface area (TPSA) is 91.6 Å². The van der Waals surface area contributed by atoms with Gasteiger partial charge >= 0.3 is 0 Å². The summed E-state index contributed by atoms with van der Waals surface area (Å²) < 4.78 is 0. The van der Waals surface area contributed by atoms with Crippen molar-refractivity contribution in [3.05, 3.63) is 65.5 Å². The maximum Gasteiger partial charge on any atom is 0.256 e. The molecule has 1 aromatic carbocycles. The van der Waals surface area contributed by atoms with Gasteiger partial charge in [-0.25, -0.2) is 0 Å². The van der Waals surface area contributed by atoms with E-state index in [1.807, 2.05) is 0 Å². The van der Waals surface area contributed by atoms with Crippen molar-refractivity contribution in [1.29, 1.82) is 0 Å². The highest BCUT2D eigenvalue weighted by molar-refractivity contribution is 5.97. The Bertz CT molecular complexity index is 1060. The maximum absolute atomic E-state index is 13.7. The Morgan fingerprint density at radius 2 is 1.74 bits per heavy atom. The number of carbonyl (C=O) groups excluding carboxylic acids is 2. The van der Waals surface area contributed by atoms with Crippen LogP contribution in [0.15, 0.2) is 48.8 Å². The van der Waals surface area contributed by atoms with Crippen molar-refractivity contribution in [3.8, 4) is 0 Å². The third-order valence-corrected chi connectivity index (χ3v) is 8.88. The average molecular weight is 518 g/mol. The smallest absolute Gasteiger partial charge is 0.256 e. The zero-order valence-electron chi connectivity index (χ0n) is 22.7. The van der Waals surface area contributed by atoms with Gasteiger partial charge < -0.3 is 16.0 Å². The van der Waals surface area contributed by atoms with Crippen molar-refractivity contribution in [2.45, 2.75) is 83.0 Å². The Labute approximate surface area is 227 Å². The number of piperidine rings is 1.